The first-order valence-corrected chi connectivity index (χ1v) is 7.35. The van der Waals surface area contributed by atoms with Crippen LogP contribution in [0.1, 0.15) is 17.2 Å². The number of rotatable bonds is 5. The standard InChI is InChI=1S/C15H16BrClN2O/c1-20-15-5-3-2-4-11(15)9-14(19-18)10-6-7-12(16)13(17)8-10/h2-8,14,19H,9,18H2,1H3. The summed E-state index contributed by atoms with van der Waals surface area (Å²) in [6.45, 7) is 0. The van der Waals surface area contributed by atoms with Crippen LogP contribution in [0.4, 0.5) is 0 Å². The van der Waals surface area contributed by atoms with Crippen molar-refractivity contribution in [2.45, 2.75) is 12.5 Å². The summed E-state index contributed by atoms with van der Waals surface area (Å²) in [6.07, 6.45) is 0.721. The fourth-order valence-corrected chi connectivity index (χ4v) is 2.53. The average Bonchev–Trinajstić information content (AvgIpc) is 2.48. The number of ether oxygens (including phenoxy) is 1. The lowest BCUT2D eigenvalue weighted by molar-refractivity contribution is 0.405. The van der Waals surface area contributed by atoms with Gasteiger partial charge in [-0.05, 0) is 51.7 Å². The van der Waals surface area contributed by atoms with E-state index in [0.29, 0.717) is 5.02 Å². The first-order chi connectivity index (χ1) is 9.65. The zero-order chi connectivity index (χ0) is 14.5. The lowest BCUT2D eigenvalue weighted by atomic mass is 9.99. The van der Waals surface area contributed by atoms with Crippen LogP contribution in [0.2, 0.25) is 5.02 Å². The molecule has 0 aromatic heterocycles. The van der Waals surface area contributed by atoms with Crippen molar-refractivity contribution in [3.63, 3.8) is 0 Å². The Morgan fingerprint density at radius 1 is 1.30 bits per heavy atom. The average molecular weight is 356 g/mol. The van der Waals surface area contributed by atoms with Crippen LogP contribution >= 0.6 is 27.5 Å². The van der Waals surface area contributed by atoms with Gasteiger partial charge in [0.05, 0.1) is 18.2 Å². The fraction of sp³-hybridized carbons (Fsp3) is 0.200. The highest BCUT2D eigenvalue weighted by Gasteiger charge is 2.14. The Bertz CT molecular complexity index is 592. The Morgan fingerprint density at radius 3 is 2.70 bits per heavy atom. The summed E-state index contributed by atoms with van der Waals surface area (Å²) in [5.41, 5.74) is 4.96. The number of hydrazine groups is 1. The molecule has 2 aromatic carbocycles. The number of methoxy groups -OCH3 is 1. The number of benzene rings is 2. The van der Waals surface area contributed by atoms with Crippen molar-refractivity contribution in [2.24, 2.45) is 5.84 Å². The minimum absolute atomic E-state index is 0.0306. The number of hydrogen-bond donors (Lipinski definition) is 2. The molecular weight excluding hydrogens is 340 g/mol. The van der Waals surface area contributed by atoms with E-state index in [1.165, 1.54) is 0 Å². The Kier molecular flexibility index (Phi) is 5.43. The Morgan fingerprint density at radius 2 is 2.05 bits per heavy atom. The lowest BCUT2D eigenvalue weighted by Crippen LogP contribution is -2.29. The highest BCUT2D eigenvalue weighted by molar-refractivity contribution is 9.10. The molecule has 0 fully saturated rings. The first kappa shape index (κ1) is 15.3. The highest BCUT2D eigenvalue weighted by Crippen LogP contribution is 2.29. The maximum Gasteiger partial charge on any atom is 0.122 e. The SMILES string of the molecule is COc1ccccc1CC(NN)c1ccc(Br)c(Cl)c1. The van der Waals surface area contributed by atoms with Crippen LogP contribution in [0, 0.1) is 0 Å². The summed E-state index contributed by atoms with van der Waals surface area (Å²) in [4.78, 5) is 0. The maximum absolute atomic E-state index is 6.14. The van der Waals surface area contributed by atoms with E-state index in [4.69, 9.17) is 22.2 Å². The fourth-order valence-electron chi connectivity index (χ4n) is 2.09. The van der Waals surface area contributed by atoms with Gasteiger partial charge < -0.3 is 4.74 Å². The van der Waals surface area contributed by atoms with E-state index in [0.717, 1.165) is 27.8 Å². The molecule has 20 heavy (non-hydrogen) atoms. The molecule has 0 heterocycles. The third-order valence-electron chi connectivity index (χ3n) is 3.16. The van der Waals surface area contributed by atoms with Gasteiger partial charge in [-0.2, -0.15) is 0 Å². The van der Waals surface area contributed by atoms with Gasteiger partial charge in [0.25, 0.3) is 0 Å². The molecule has 0 aliphatic rings. The van der Waals surface area contributed by atoms with Crippen molar-refractivity contribution in [3.8, 4) is 5.75 Å². The summed E-state index contributed by atoms with van der Waals surface area (Å²) in [5, 5.41) is 0.669. The lowest BCUT2D eigenvalue weighted by Gasteiger charge is -2.18. The van der Waals surface area contributed by atoms with Gasteiger partial charge in [-0.25, -0.2) is 0 Å². The van der Waals surface area contributed by atoms with Crippen molar-refractivity contribution >= 4 is 27.5 Å². The summed E-state index contributed by atoms with van der Waals surface area (Å²) in [7, 11) is 1.67. The van der Waals surface area contributed by atoms with Gasteiger partial charge in [0.1, 0.15) is 5.75 Å². The molecule has 3 nitrogen and oxygen atoms in total. The second-order valence-corrected chi connectivity index (χ2v) is 5.67. The zero-order valence-electron chi connectivity index (χ0n) is 11.1. The van der Waals surface area contributed by atoms with Gasteiger partial charge in [-0.1, -0.05) is 35.9 Å². The molecule has 0 spiro atoms. The van der Waals surface area contributed by atoms with Gasteiger partial charge >= 0.3 is 0 Å². The monoisotopic (exact) mass is 354 g/mol. The molecule has 0 bridgehead atoms. The molecule has 1 unspecified atom stereocenters. The molecule has 5 heteroatoms. The van der Waals surface area contributed by atoms with Crippen molar-refractivity contribution in [1.29, 1.82) is 0 Å². The van der Waals surface area contributed by atoms with Gasteiger partial charge in [0.2, 0.25) is 0 Å². The molecule has 0 aliphatic carbocycles. The predicted octanol–water partition coefficient (Wildman–Crippen LogP) is 3.86. The van der Waals surface area contributed by atoms with Crippen LogP contribution in [0.25, 0.3) is 0 Å². The number of hydrogen-bond acceptors (Lipinski definition) is 3. The van der Waals surface area contributed by atoms with E-state index >= 15 is 0 Å². The third-order valence-corrected chi connectivity index (χ3v) is 4.40. The van der Waals surface area contributed by atoms with Gasteiger partial charge in [-0.3, -0.25) is 11.3 Å². The first-order valence-electron chi connectivity index (χ1n) is 6.18. The van der Waals surface area contributed by atoms with E-state index in [1.807, 2.05) is 42.5 Å². The molecule has 106 valence electrons. The van der Waals surface area contributed by atoms with E-state index in [1.54, 1.807) is 7.11 Å². The van der Waals surface area contributed by atoms with Crippen LogP contribution in [-0.4, -0.2) is 7.11 Å². The second kappa shape index (κ2) is 7.09. The molecule has 0 saturated carbocycles. The maximum atomic E-state index is 6.14. The molecular formula is C15H16BrClN2O. The molecule has 1 atom stereocenters. The van der Waals surface area contributed by atoms with E-state index in [2.05, 4.69) is 21.4 Å². The van der Waals surface area contributed by atoms with Crippen LogP contribution in [0.3, 0.4) is 0 Å². The summed E-state index contributed by atoms with van der Waals surface area (Å²) in [5.74, 6) is 6.54. The minimum Gasteiger partial charge on any atom is -0.496 e. The Labute approximate surface area is 132 Å². The molecule has 0 saturated heterocycles. The van der Waals surface area contributed by atoms with Crippen molar-refractivity contribution < 1.29 is 4.74 Å². The summed E-state index contributed by atoms with van der Waals surface area (Å²) < 4.78 is 6.24. The predicted molar refractivity (Wildman–Crippen MR) is 85.9 cm³/mol. The van der Waals surface area contributed by atoms with Gasteiger partial charge in [-0.15, -0.1) is 0 Å². The second-order valence-electron chi connectivity index (χ2n) is 4.41. The molecule has 2 aromatic rings. The molecule has 3 N–H and O–H groups in total. The van der Waals surface area contributed by atoms with Gasteiger partial charge in [0.15, 0.2) is 0 Å². The zero-order valence-corrected chi connectivity index (χ0v) is 13.4. The third kappa shape index (κ3) is 3.52. The minimum atomic E-state index is -0.0306. The topological polar surface area (TPSA) is 47.3 Å². The van der Waals surface area contributed by atoms with E-state index in [9.17, 15) is 0 Å². The van der Waals surface area contributed by atoms with E-state index in [-0.39, 0.29) is 6.04 Å². The summed E-state index contributed by atoms with van der Waals surface area (Å²) >= 11 is 9.52. The van der Waals surface area contributed by atoms with Crippen molar-refractivity contribution in [2.75, 3.05) is 7.11 Å². The van der Waals surface area contributed by atoms with Crippen LogP contribution in [0.5, 0.6) is 5.75 Å². The quantitative estimate of drug-likeness (QED) is 0.632. The number of halogens is 2. The molecule has 0 amide bonds. The van der Waals surface area contributed by atoms with E-state index < -0.39 is 0 Å². The van der Waals surface area contributed by atoms with Crippen molar-refractivity contribution in [3.05, 3.63) is 63.1 Å². The Balaban J connectivity index is 2.26. The number of nitrogens with one attached hydrogen (secondary N) is 1. The normalized spacial score (nSPS) is 12.2. The number of para-hydroxylation sites is 1. The smallest absolute Gasteiger partial charge is 0.122 e. The van der Waals surface area contributed by atoms with Crippen LogP contribution in [0.15, 0.2) is 46.9 Å². The summed E-state index contributed by atoms with van der Waals surface area (Å²) in [6, 6.07) is 13.7. The Hall–Kier alpha value is -1.07. The van der Waals surface area contributed by atoms with Gasteiger partial charge in [0, 0.05) is 4.47 Å². The van der Waals surface area contributed by atoms with Crippen molar-refractivity contribution in [1.82, 2.24) is 5.43 Å². The molecule has 2 rings (SSSR count). The molecule has 0 radical (unpaired) electrons. The number of nitrogens with two attached hydrogens (primary N) is 1. The highest BCUT2D eigenvalue weighted by atomic mass is 79.9. The molecule has 0 aliphatic heterocycles. The van der Waals surface area contributed by atoms with Crippen LogP contribution in [-0.2, 0) is 6.42 Å². The van der Waals surface area contributed by atoms with Crippen LogP contribution < -0.4 is 16.0 Å². The largest absolute Gasteiger partial charge is 0.496 e.